The van der Waals surface area contributed by atoms with Crippen molar-refractivity contribution in [2.45, 2.75) is 26.3 Å². The van der Waals surface area contributed by atoms with E-state index in [2.05, 4.69) is 81.4 Å². The summed E-state index contributed by atoms with van der Waals surface area (Å²) in [5.41, 5.74) is 3.98. The highest BCUT2D eigenvalue weighted by molar-refractivity contribution is 9.12. The van der Waals surface area contributed by atoms with Gasteiger partial charge >= 0.3 is 0 Å². The highest BCUT2D eigenvalue weighted by Gasteiger charge is 2.18. The third-order valence-corrected chi connectivity index (χ3v) is 5.51. The van der Waals surface area contributed by atoms with Crippen molar-refractivity contribution >= 4 is 43.2 Å². The molecule has 4 heteroatoms. The van der Waals surface area contributed by atoms with E-state index in [0.29, 0.717) is 0 Å². The van der Waals surface area contributed by atoms with Crippen molar-refractivity contribution in [3.63, 3.8) is 0 Å². The molecule has 0 aliphatic carbocycles. The number of nitrogens with one attached hydrogen (secondary N) is 1. The van der Waals surface area contributed by atoms with Gasteiger partial charge in [0.05, 0.1) is 13.6 Å². The zero-order valence-corrected chi connectivity index (χ0v) is 15.0. The highest BCUT2D eigenvalue weighted by atomic mass is 79.9. The van der Waals surface area contributed by atoms with Gasteiger partial charge in [-0.2, -0.15) is 0 Å². The van der Waals surface area contributed by atoms with E-state index < -0.39 is 0 Å². The Bertz CT molecular complexity index is 534. The zero-order valence-electron chi connectivity index (χ0n) is 11.0. The van der Waals surface area contributed by atoms with Gasteiger partial charge in [-0.15, -0.1) is 11.3 Å². The Morgan fingerprint density at radius 3 is 2.32 bits per heavy atom. The topological polar surface area (TPSA) is 12.0 Å². The minimum atomic E-state index is 0.243. The first-order chi connectivity index (χ1) is 9.15. The van der Waals surface area contributed by atoms with Gasteiger partial charge in [0.2, 0.25) is 0 Å². The predicted molar refractivity (Wildman–Crippen MR) is 91.1 cm³/mol. The Morgan fingerprint density at radius 1 is 1.16 bits per heavy atom. The molecule has 102 valence electrons. The fourth-order valence-corrected chi connectivity index (χ4v) is 5.01. The van der Waals surface area contributed by atoms with E-state index in [4.69, 9.17) is 0 Å². The second-order valence-electron chi connectivity index (χ2n) is 4.37. The van der Waals surface area contributed by atoms with Gasteiger partial charge in [-0.3, -0.25) is 0 Å². The molecular weight excluding hydrogens is 386 g/mol. The van der Waals surface area contributed by atoms with Crippen LogP contribution in [0.2, 0.25) is 0 Å². The summed E-state index contributed by atoms with van der Waals surface area (Å²) in [5.74, 6) is 0. The highest BCUT2D eigenvalue weighted by Crippen LogP contribution is 2.37. The van der Waals surface area contributed by atoms with Gasteiger partial charge < -0.3 is 5.32 Å². The van der Waals surface area contributed by atoms with E-state index in [9.17, 15) is 0 Å². The van der Waals surface area contributed by atoms with Crippen LogP contribution in [0.15, 0.2) is 37.9 Å². The summed E-state index contributed by atoms with van der Waals surface area (Å²) in [6, 6.07) is 11.3. The summed E-state index contributed by atoms with van der Waals surface area (Å²) in [6.07, 6.45) is 1.08. The summed E-state index contributed by atoms with van der Waals surface area (Å²) in [4.78, 5) is 0. The lowest BCUT2D eigenvalue weighted by molar-refractivity contribution is 0.630. The van der Waals surface area contributed by atoms with Gasteiger partial charge in [-0.1, -0.05) is 38.1 Å². The Kier molecular flexibility index (Phi) is 5.63. The smallest absolute Gasteiger partial charge is 0.0761 e. The van der Waals surface area contributed by atoms with Crippen LogP contribution in [0, 0.1) is 0 Å². The monoisotopic (exact) mass is 401 g/mol. The number of halogens is 2. The predicted octanol–water partition coefficient (Wildman–Crippen LogP) is 5.53. The summed E-state index contributed by atoms with van der Waals surface area (Å²) in [5, 5.41) is 3.56. The second-order valence-corrected chi connectivity index (χ2v) is 8.11. The first-order valence-corrected chi connectivity index (χ1v) is 8.82. The molecule has 19 heavy (non-hydrogen) atoms. The lowest BCUT2D eigenvalue weighted by atomic mass is 9.99. The van der Waals surface area contributed by atoms with Gasteiger partial charge in [0.1, 0.15) is 0 Å². The van der Waals surface area contributed by atoms with E-state index in [0.717, 1.165) is 16.8 Å². The van der Waals surface area contributed by atoms with Crippen LogP contribution in [0.3, 0.4) is 0 Å². The Balaban J connectivity index is 2.36. The summed E-state index contributed by atoms with van der Waals surface area (Å²) in [7, 11) is 0. The molecular formula is C15H17Br2NS. The van der Waals surface area contributed by atoms with Crippen LogP contribution in [0.25, 0.3) is 0 Å². The molecule has 1 atom stereocenters. The normalized spacial score (nSPS) is 12.6. The van der Waals surface area contributed by atoms with Crippen molar-refractivity contribution in [3.05, 3.63) is 54.6 Å². The van der Waals surface area contributed by atoms with E-state index >= 15 is 0 Å². The van der Waals surface area contributed by atoms with Crippen molar-refractivity contribution in [3.8, 4) is 0 Å². The maximum Gasteiger partial charge on any atom is 0.0761 e. The molecule has 2 aromatic rings. The largest absolute Gasteiger partial charge is 0.306 e. The second kappa shape index (κ2) is 7.02. The molecule has 0 aliphatic rings. The lowest BCUT2D eigenvalue weighted by Crippen LogP contribution is -2.21. The van der Waals surface area contributed by atoms with Crippen LogP contribution in [-0.2, 0) is 6.42 Å². The molecule has 0 fully saturated rings. The molecule has 1 heterocycles. The standard InChI is InChI=1S/C15H17Br2NS/c1-3-10-5-7-11(8-6-10)14(18-4-2)12-9-13(16)19-15(12)17/h5-9,14,18H,3-4H2,1-2H3. The lowest BCUT2D eigenvalue weighted by Gasteiger charge is -2.18. The maximum atomic E-state index is 3.66. The average Bonchev–Trinajstić information content (AvgIpc) is 2.75. The molecule has 2 rings (SSSR count). The van der Waals surface area contributed by atoms with Crippen molar-refractivity contribution in [1.82, 2.24) is 5.32 Å². The molecule has 0 saturated heterocycles. The molecule has 0 radical (unpaired) electrons. The van der Waals surface area contributed by atoms with Gasteiger partial charge in [0, 0.05) is 0 Å². The zero-order chi connectivity index (χ0) is 13.8. The number of thiophene rings is 1. The maximum absolute atomic E-state index is 3.66. The first kappa shape index (κ1) is 15.2. The Labute approximate surface area is 135 Å². The molecule has 0 amide bonds. The molecule has 1 N–H and O–H groups in total. The van der Waals surface area contributed by atoms with Crippen molar-refractivity contribution in [2.75, 3.05) is 6.54 Å². The molecule has 1 unspecified atom stereocenters. The number of benzene rings is 1. The molecule has 1 aromatic heterocycles. The van der Waals surface area contributed by atoms with E-state index in [1.165, 1.54) is 20.5 Å². The first-order valence-electron chi connectivity index (χ1n) is 6.42. The SMILES string of the molecule is CCNC(c1ccc(CC)cc1)c1cc(Br)sc1Br. The number of hydrogen-bond donors (Lipinski definition) is 1. The van der Waals surface area contributed by atoms with Crippen LogP contribution < -0.4 is 5.32 Å². The fourth-order valence-electron chi connectivity index (χ4n) is 2.11. The van der Waals surface area contributed by atoms with Gasteiger partial charge in [-0.25, -0.2) is 0 Å². The molecule has 0 bridgehead atoms. The Hall–Kier alpha value is -0.160. The number of rotatable bonds is 5. The minimum absolute atomic E-state index is 0.243. The van der Waals surface area contributed by atoms with Crippen LogP contribution in [0.4, 0.5) is 0 Å². The van der Waals surface area contributed by atoms with E-state index in [-0.39, 0.29) is 6.04 Å². The van der Waals surface area contributed by atoms with E-state index in [1.807, 2.05) is 0 Å². The van der Waals surface area contributed by atoms with Crippen LogP contribution >= 0.6 is 43.2 Å². The van der Waals surface area contributed by atoms with Crippen molar-refractivity contribution in [2.24, 2.45) is 0 Å². The van der Waals surface area contributed by atoms with Gasteiger partial charge in [0.25, 0.3) is 0 Å². The summed E-state index contributed by atoms with van der Waals surface area (Å²) in [6.45, 7) is 5.27. The van der Waals surface area contributed by atoms with Crippen LogP contribution in [0.5, 0.6) is 0 Å². The van der Waals surface area contributed by atoms with Crippen LogP contribution in [-0.4, -0.2) is 6.54 Å². The van der Waals surface area contributed by atoms with Gasteiger partial charge in [-0.05, 0) is 67.6 Å². The molecule has 0 saturated carbocycles. The van der Waals surface area contributed by atoms with Crippen molar-refractivity contribution < 1.29 is 0 Å². The third-order valence-electron chi connectivity index (χ3n) is 3.12. The van der Waals surface area contributed by atoms with Crippen LogP contribution in [0.1, 0.15) is 36.6 Å². The van der Waals surface area contributed by atoms with Crippen molar-refractivity contribution in [1.29, 1.82) is 0 Å². The quantitative estimate of drug-likeness (QED) is 0.692. The third kappa shape index (κ3) is 3.69. The molecule has 0 spiro atoms. The van der Waals surface area contributed by atoms with E-state index in [1.54, 1.807) is 11.3 Å². The fraction of sp³-hybridized carbons (Fsp3) is 0.333. The number of aryl methyl sites for hydroxylation is 1. The summed E-state index contributed by atoms with van der Waals surface area (Å²) < 4.78 is 2.34. The van der Waals surface area contributed by atoms with Gasteiger partial charge in [0.15, 0.2) is 0 Å². The number of hydrogen-bond acceptors (Lipinski definition) is 2. The molecule has 0 aliphatic heterocycles. The molecule has 1 nitrogen and oxygen atoms in total. The average molecular weight is 403 g/mol. The Morgan fingerprint density at radius 2 is 1.84 bits per heavy atom. The molecule has 1 aromatic carbocycles. The minimum Gasteiger partial charge on any atom is -0.306 e. The summed E-state index contributed by atoms with van der Waals surface area (Å²) >= 11 is 8.94.